The fraction of sp³-hybridized carbons (Fsp3) is 0.750. The minimum absolute atomic E-state index is 0.0885. The molecule has 0 saturated heterocycles. The van der Waals surface area contributed by atoms with E-state index in [0.29, 0.717) is 0 Å². The number of thiazole rings is 1. The van der Waals surface area contributed by atoms with Crippen LogP contribution in [0, 0.1) is 0 Å². The third-order valence-corrected chi connectivity index (χ3v) is 4.48. The Hall–Kier alpha value is -0.0600. The van der Waals surface area contributed by atoms with Crippen molar-refractivity contribution in [2.75, 3.05) is 5.75 Å². The van der Waals surface area contributed by atoms with Gasteiger partial charge in [-0.25, -0.2) is 4.98 Å². The molecule has 0 fully saturated rings. The zero-order chi connectivity index (χ0) is 12.4. The van der Waals surface area contributed by atoms with Crippen molar-refractivity contribution in [1.29, 1.82) is 0 Å². The normalized spacial score (nSPS) is 13.1. The van der Waals surface area contributed by atoms with Crippen LogP contribution >= 0.6 is 23.1 Å². The Kier molecular flexibility index (Phi) is 4.43. The van der Waals surface area contributed by atoms with Crippen molar-refractivity contribution in [3.63, 3.8) is 0 Å². The third-order valence-electron chi connectivity index (χ3n) is 2.02. The lowest BCUT2D eigenvalue weighted by Crippen LogP contribution is -2.34. The van der Waals surface area contributed by atoms with Crippen LogP contribution in [0.2, 0.25) is 0 Å². The first-order valence-corrected chi connectivity index (χ1v) is 7.53. The average Bonchev–Trinajstić information content (AvgIpc) is 2.49. The lowest BCUT2D eigenvalue weighted by molar-refractivity contribution is 0.571. The fourth-order valence-electron chi connectivity index (χ4n) is 1.12. The van der Waals surface area contributed by atoms with Gasteiger partial charge in [0.1, 0.15) is 5.01 Å². The van der Waals surface area contributed by atoms with Crippen molar-refractivity contribution in [1.82, 2.24) is 4.98 Å². The lowest BCUT2D eigenvalue weighted by Gasteiger charge is -2.17. The molecular formula is C12H22N2S2. The van der Waals surface area contributed by atoms with Gasteiger partial charge in [0.05, 0.1) is 5.69 Å². The lowest BCUT2D eigenvalue weighted by atomic mass is 9.93. The van der Waals surface area contributed by atoms with Crippen LogP contribution in [0.1, 0.15) is 45.3 Å². The van der Waals surface area contributed by atoms with Gasteiger partial charge in [-0.15, -0.1) is 11.3 Å². The average molecular weight is 258 g/mol. The number of nitrogens with two attached hydrogens (primary N) is 1. The van der Waals surface area contributed by atoms with Crippen molar-refractivity contribution in [3.05, 3.63) is 16.1 Å². The molecule has 0 bridgehead atoms. The van der Waals surface area contributed by atoms with Crippen LogP contribution in [0.3, 0.4) is 0 Å². The van der Waals surface area contributed by atoms with Gasteiger partial charge in [-0.1, -0.05) is 20.8 Å². The van der Waals surface area contributed by atoms with Gasteiger partial charge in [0.15, 0.2) is 0 Å². The van der Waals surface area contributed by atoms with Crippen LogP contribution < -0.4 is 5.73 Å². The second-order valence-corrected chi connectivity index (χ2v) is 7.79. The molecule has 0 amide bonds. The summed E-state index contributed by atoms with van der Waals surface area (Å²) in [7, 11) is 0. The van der Waals surface area contributed by atoms with Crippen LogP contribution in [0.25, 0.3) is 0 Å². The largest absolute Gasteiger partial charge is 0.325 e. The predicted molar refractivity (Wildman–Crippen MR) is 75.2 cm³/mol. The van der Waals surface area contributed by atoms with Crippen LogP contribution in [-0.2, 0) is 11.2 Å². The minimum atomic E-state index is -0.0885. The maximum absolute atomic E-state index is 5.94. The van der Waals surface area contributed by atoms with E-state index in [-0.39, 0.29) is 11.0 Å². The van der Waals surface area contributed by atoms with Gasteiger partial charge in [0.2, 0.25) is 0 Å². The molecule has 0 unspecified atom stereocenters. The van der Waals surface area contributed by atoms with Crippen molar-refractivity contribution >= 4 is 23.1 Å². The Labute approximate surface area is 107 Å². The first-order valence-electron chi connectivity index (χ1n) is 5.50. The third kappa shape index (κ3) is 4.85. The van der Waals surface area contributed by atoms with Gasteiger partial charge >= 0.3 is 0 Å². The van der Waals surface area contributed by atoms with Crippen molar-refractivity contribution in [2.45, 2.75) is 51.3 Å². The van der Waals surface area contributed by atoms with Gasteiger partial charge in [0, 0.05) is 27.8 Å². The molecule has 0 aliphatic heterocycles. The molecule has 0 spiro atoms. The van der Waals surface area contributed by atoms with E-state index in [2.05, 4.69) is 45.0 Å². The number of nitrogens with zero attached hydrogens (tertiary/aromatic N) is 1. The highest BCUT2D eigenvalue weighted by molar-refractivity contribution is 7.98. The highest BCUT2D eigenvalue weighted by atomic mass is 32.2. The number of hydrogen-bond donors (Lipinski definition) is 1. The standard InChI is InChI=1S/C12H22N2S2/c1-11(2,3)9-6-16-10(14-9)7-15-8-12(4,5)13/h6H,7-8,13H2,1-5H3. The van der Waals surface area contributed by atoms with Gasteiger partial charge in [-0.2, -0.15) is 11.8 Å². The van der Waals surface area contributed by atoms with Crippen molar-refractivity contribution < 1.29 is 0 Å². The molecule has 1 rings (SSSR count). The summed E-state index contributed by atoms with van der Waals surface area (Å²) in [5, 5.41) is 3.38. The molecule has 1 aromatic rings. The summed E-state index contributed by atoms with van der Waals surface area (Å²) in [6.07, 6.45) is 0. The van der Waals surface area contributed by atoms with E-state index in [1.807, 2.05) is 11.8 Å². The number of thioether (sulfide) groups is 1. The Morgan fingerprint density at radius 1 is 1.31 bits per heavy atom. The molecule has 92 valence electrons. The number of rotatable bonds is 4. The predicted octanol–water partition coefficient (Wildman–Crippen LogP) is 3.41. The topological polar surface area (TPSA) is 38.9 Å². The van der Waals surface area contributed by atoms with Crippen LogP contribution in [0.4, 0.5) is 0 Å². The summed E-state index contributed by atoms with van der Waals surface area (Å²) in [5.41, 5.74) is 7.20. The molecule has 16 heavy (non-hydrogen) atoms. The van der Waals surface area contributed by atoms with Gasteiger partial charge in [0.25, 0.3) is 0 Å². The van der Waals surface area contributed by atoms with E-state index < -0.39 is 0 Å². The van der Waals surface area contributed by atoms with Gasteiger partial charge in [-0.05, 0) is 13.8 Å². The highest BCUT2D eigenvalue weighted by Crippen LogP contribution is 2.26. The first-order chi connectivity index (χ1) is 7.18. The molecule has 0 aliphatic rings. The minimum Gasteiger partial charge on any atom is -0.325 e. The molecule has 0 radical (unpaired) electrons. The Bertz CT molecular complexity index is 332. The molecule has 1 aromatic heterocycles. The molecule has 2 nitrogen and oxygen atoms in total. The van der Waals surface area contributed by atoms with E-state index in [9.17, 15) is 0 Å². The van der Waals surface area contributed by atoms with Crippen molar-refractivity contribution in [2.24, 2.45) is 5.73 Å². The summed E-state index contributed by atoms with van der Waals surface area (Å²) < 4.78 is 0. The summed E-state index contributed by atoms with van der Waals surface area (Å²) >= 11 is 3.61. The Morgan fingerprint density at radius 3 is 2.38 bits per heavy atom. The molecule has 2 N–H and O–H groups in total. The summed E-state index contributed by atoms with van der Waals surface area (Å²) in [6, 6.07) is 0. The van der Waals surface area contributed by atoms with E-state index in [1.54, 1.807) is 11.3 Å². The van der Waals surface area contributed by atoms with E-state index in [0.717, 1.165) is 11.5 Å². The zero-order valence-electron chi connectivity index (χ0n) is 10.8. The molecule has 0 aromatic carbocycles. The molecule has 1 heterocycles. The number of aromatic nitrogens is 1. The Balaban J connectivity index is 2.48. The fourth-order valence-corrected chi connectivity index (χ4v) is 3.32. The van der Waals surface area contributed by atoms with Gasteiger partial charge in [-0.3, -0.25) is 0 Å². The summed E-state index contributed by atoms with van der Waals surface area (Å²) in [4.78, 5) is 4.66. The first kappa shape index (κ1) is 14.0. The van der Waals surface area contributed by atoms with E-state index >= 15 is 0 Å². The highest BCUT2D eigenvalue weighted by Gasteiger charge is 2.17. The van der Waals surface area contributed by atoms with E-state index in [1.165, 1.54) is 10.7 Å². The quantitative estimate of drug-likeness (QED) is 0.899. The number of hydrogen-bond acceptors (Lipinski definition) is 4. The molecule has 4 heteroatoms. The Morgan fingerprint density at radius 2 is 1.94 bits per heavy atom. The molecule has 0 saturated carbocycles. The maximum Gasteiger partial charge on any atom is 0.103 e. The maximum atomic E-state index is 5.94. The van der Waals surface area contributed by atoms with Crippen LogP contribution in [0.15, 0.2) is 5.38 Å². The second-order valence-electron chi connectivity index (χ2n) is 5.86. The smallest absolute Gasteiger partial charge is 0.103 e. The monoisotopic (exact) mass is 258 g/mol. The van der Waals surface area contributed by atoms with Crippen molar-refractivity contribution in [3.8, 4) is 0 Å². The second kappa shape index (κ2) is 5.07. The summed E-state index contributed by atoms with van der Waals surface area (Å²) in [5.74, 6) is 1.94. The van der Waals surface area contributed by atoms with Crippen LogP contribution in [-0.4, -0.2) is 16.3 Å². The SMILES string of the molecule is CC(C)(N)CSCc1nc(C(C)(C)C)cs1. The molecular weight excluding hydrogens is 236 g/mol. The zero-order valence-corrected chi connectivity index (χ0v) is 12.5. The van der Waals surface area contributed by atoms with Crippen LogP contribution in [0.5, 0.6) is 0 Å². The van der Waals surface area contributed by atoms with E-state index in [4.69, 9.17) is 5.73 Å². The molecule has 0 atom stereocenters. The summed E-state index contributed by atoms with van der Waals surface area (Å²) in [6.45, 7) is 10.7. The van der Waals surface area contributed by atoms with Gasteiger partial charge < -0.3 is 5.73 Å². The molecule has 0 aliphatic carbocycles.